The Bertz CT molecular complexity index is 458. The van der Waals surface area contributed by atoms with E-state index in [1.807, 2.05) is 19.1 Å². The first kappa shape index (κ1) is 12.9. The van der Waals surface area contributed by atoms with Crippen LogP contribution in [0.2, 0.25) is 5.02 Å². The molecule has 1 fully saturated rings. The number of carbonyl (C=O) groups excluding carboxylic acids is 2. The van der Waals surface area contributed by atoms with Crippen molar-refractivity contribution in [3.05, 3.63) is 28.8 Å². The predicted octanol–water partition coefficient (Wildman–Crippen LogP) is 2.11. The van der Waals surface area contributed by atoms with Crippen molar-refractivity contribution < 1.29 is 9.59 Å². The van der Waals surface area contributed by atoms with Gasteiger partial charge in [0.25, 0.3) is 0 Å². The SMILES string of the molecule is Cc1cccc(Cl)c1NC(=O)C1CCC(=O)NC1. The van der Waals surface area contributed by atoms with Gasteiger partial charge in [-0.1, -0.05) is 23.7 Å². The third kappa shape index (κ3) is 2.82. The molecular formula is C13H15ClN2O2. The van der Waals surface area contributed by atoms with E-state index in [1.165, 1.54) is 0 Å². The lowest BCUT2D eigenvalue weighted by molar-refractivity contribution is -0.126. The van der Waals surface area contributed by atoms with Gasteiger partial charge in [-0.05, 0) is 25.0 Å². The second kappa shape index (κ2) is 5.40. The molecule has 1 heterocycles. The molecule has 1 aromatic carbocycles. The van der Waals surface area contributed by atoms with Crippen LogP contribution in [0.25, 0.3) is 0 Å². The maximum absolute atomic E-state index is 12.1. The van der Waals surface area contributed by atoms with Crippen LogP contribution in [0, 0.1) is 12.8 Å². The van der Waals surface area contributed by atoms with E-state index in [1.54, 1.807) is 6.07 Å². The van der Waals surface area contributed by atoms with Crippen molar-refractivity contribution in [2.75, 3.05) is 11.9 Å². The second-order valence-electron chi connectivity index (χ2n) is 4.46. The zero-order valence-electron chi connectivity index (χ0n) is 10.1. The summed E-state index contributed by atoms with van der Waals surface area (Å²) < 4.78 is 0. The Morgan fingerprint density at radius 3 is 2.89 bits per heavy atom. The fourth-order valence-electron chi connectivity index (χ4n) is 1.97. The van der Waals surface area contributed by atoms with E-state index in [2.05, 4.69) is 10.6 Å². The van der Waals surface area contributed by atoms with Crippen molar-refractivity contribution in [2.24, 2.45) is 5.92 Å². The predicted molar refractivity (Wildman–Crippen MR) is 70.6 cm³/mol. The summed E-state index contributed by atoms with van der Waals surface area (Å²) in [5, 5.41) is 6.07. The molecule has 1 atom stereocenters. The van der Waals surface area contributed by atoms with Crippen LogP contribution in [-0.2, 0) is 9.59 Å². The van der Waals surface area contributed by atoms with E-state index in [4.69, 9.17) is 11.6 Å². The van der Waals surface area contributed by atoms with Crippen molar-refractivity contribution in [2.45, 2.75) is 19.8 Å². The second-order valence-corrected chi connectivity index (χ2v) is 4.87. The Labute approximate surface area is 111 Å². The molecule has 0 aliphatic carbocycles. The Morgan fingerprint density at radius 1 is 1.50 bits per heavy atom. The van der Waals surface area contributed by atoms with Crippen LogP contribution in [0.15, 0.2) is 18.2 Å². The highest BCUT2D eigenvalue weighted by molar-refractivity contribution is 6.33. The zero-order valence-corrected chi connectivity index (χ0v) is 10.9. The summed E-state index contributed by atoms with van der Waals surface area (Å²) in [6.45, 7) is 2.29. The minimum Gasteiger partial charge on any atom is -0.355 e. The van der Waals surface area contributed by atoms with Crippen LogP contribution >= 0.6 is 11.6 Å². The maximum atomic E-state index is 12.1. The molecule has 1 unspecified atom stereocenters. The number of rotatable bonds is 2. The van der Waals surface area contributed by atoms with Crippen molar-refractivity contribution in [3.8, 4) is 0 Å². The molecule has 2 amide bonds. The van der Waals surface area contributed by atoms with Crippen LogP contribution < -0.4 is 10.6 Å². The summed E-state index contributed by atoms with van der Waals surface area (Å²) in [5.74, 6) is -0.266. The van der Waals surface area contributed by atoms with Gasteiger partial charge in [0.2, 0.25) is 11.8 Å². The molecule has 1 aliphatic heterocycles. The molecule has 96 valence electrons. The zero-order chi connectivity index (χ0) is 13.1. The van der Waals surface area contributed by atoms with Gasteiger partial charge in [-0.3, -0.25) is 9.59 Å². The molecule has 1 aromatic rings. The fraction of sp³-hybridized carbons (Fsp3) is 0.385. The quantitative estimate of drug-likeness (QED) is 0.861. The highest BCUT2D eigenvalue weighted by Gasteiger charge is 2.25. The molecule has 5 heteroatoms. The number of nitrogens with one attached hydrogen (secondary N) is 2. The van der Waals surface area contributed by atoms with Crippen molar-refractivity contribution in [1.82, 2.24) is 5.32 Å². The summed E-state index contributed by atoms with van der Waals surface area (Å²) in [6, 6.07) is 5.48. The number of benzene rings is 1. The van der Waals surface area contributed by atoms with E-state index in [0.29, 0.717) is 30.1 Å². The third-order valence-corrected chi connectivity index (χ3v) is 3.42. The van der Waals surface area contributed by atoms with Gasteiger partial charge in [0, 0.05) is 13.0 Å². The smallest absolute Gasteiger partial charge is 0.229 e. The molecule has 2 N–H and O–H groups in total. The average molecular weight is 267 g/mol. The fourth-order valence-corrected chi connectivity index (χ4v) is 2.24. The van der Waals surface area contributed by atoms with Gasteiger partial charge in [0.05, 0.1) is 16.6 Å². The summed E-state index contributed by atoms with van der Waals surface area (Å²) in [5.41, 5.74) is 1.58. The number of amides is 2. The lowest BCUT2D eigenvalue weighted by atomic mass is 9.98. The van der Waals surface area contributed by atoms with Crippen molar-refractivity contribution in [1.29, 1.82) is 0 Å². The van der Waals surface area contributed by atoms with Gasteiger partial charge >= 0.3 is 0 Å². The molecule has 0 saturated carbocycles. The van der Waals surface area contributed by atoms with Gasteiger partial charge in [-0.25, -0.2) is 0 Å². The van der Waals surface area contributed by atoms with Crippen LogP contribution in [0.1, 0.15) is 18.4 Å². The number of anilines is 1. The minimum atomic E-state index is -0.182. The summed E-state index contributed by atoms with van der Waals surface area (Å²) >= 11 is 6.05. The average Bonchev–Trinajstić information content (AvgIpc) is 2.34. The van der Waals surface area contributed by atoms with E-state index in [0.717, 1.165) is 5.56 Å². The molecule has 0 radical (unpaired) electrons. The molecular weight excluding hydrogens is 252 g/mol. The van der Waals surface area contributed by atoms with E-state index in [-0.39, 0.29) is 17.7 Å². The standard InChI is InChI=1S/C13H15ClN2O2/c1-8-3-2-4-10(14)12(8)16-13(18)9-5-6-11(17)15-7-9/h2-4,9H,5-7H2,1H3,(H,15,17)(H,16,18). The molecule has 4 nitrogen and oxygen atoms in total. The van der Waals surface area contributed by atoms with Crippen LogP contribution in [-0.4, -0.2) is 18.4 Å². The van der Waals surface area contributed by atoms with E-state index >= 15 is 0 Å². The first-order valence-corrected chi connectivity index (χ1v) is 6.28. The lowest BCUT2D eigenvalue weighted by Gasteiger charge is -2.22. The minimum absolute atomic E-state index is 0.00738. The van der Waals surface area contributed by atoms with Gasteiger partial charge in [0.1, 0.15) is 0 Å². The summed E-state index contributed by atoms with van der Waals surface area (Å²) in [6.07, 6.45) is 0.987. The van der Waals surface area contributed by atoms with Crippen molar-refractivity contribution in [3.63, 3.8) is 0 Å². The Kier molecular flexibility index (Phi) is 3.87. The van der Waals surface area contributed by atoms with Gasteiger partial charge in [0.15, 0.2) is 0 Å². The molecule has 0 spiro atoms. The highest BCUT2D eigenvalue weighted by atomic mass is 35.5. The maximum Gasteiger partial charge on any atom is 0.229 e. The van der Waals surface area contributed by atoms with Gasteiger partial charge in [-0.2, -0.15) is 0 Å². The highest BCUT2D eigenvalue weighted by Crippen LogP contribution is 2.26. The van der Waals surface area contributed by atoms with E-state index < -0.39 is 0 Å². The third-order valence-electron chi connectivity index (χ3n) is 3.11. The number of aryl methyl sites for hydroxylation is 1. The molecule has 18 heavy (non-hydrogen) atoms. The summed E-state index contributed by atoms with van der Waals surface area (Å²) in [7, 11) is 0. The Hall–Kier alpha value is -1.55. The number of carbonyl (C=O) groups is 2. The normalized spacial score (nSPS) is 19.2. The Morgan fingerprint density at radius 2 is 2.28 bits per heavy atom. The lowest BCUT2D eigenvalue weighted by Crippen LogP contribution is -2.40. The largest absolute Gasteiger partial charge is 0.355 e. The number of halogens is 1. The van der Waals surface area contributed by atoms with E-state index in [9.17, 15) is 9.59 Å². The monoisotopic (exact) mass is 266 g/mol. The van der Waals surface area contributed by atoms with Gasteiger partial charge in [-0.15, -0.1) is 0 Å². The molecule has 0 bridgehead atoms. The topological polar surface area (TPSA) is 58.2 Å². The Balaban J connectivity index is 2.05. The molecule has 1 saturated heterocycles. The van der Waals surface area contributed by atoms with Crippen LogP contribution in [0.3, 0.4) is 0 Å². The number of hydrogen-bond donors (Lipinski definition) is 2. The number of piperidine rings is 1. The molecule has 2 rings (SSSR count). The first-order chi connectivity index (χ1) is 8.58. The van der Waals surface area contributed by atoms with Gasteiger partial charge < -0.3 is 10.6 Å². The van der Waals surface area contributed by atoms with Crippen molar-refractivity contribution >= 4 is 29.1 Å². The molecule has 0 aromatic heterocycles. The molecule has 1 aliphatic rings. The summed E-state index contributed by atoms with van der Waals surface area (Å²) in [4.78, 5) is 23.1. The van der Waals surface area contributed by atoms with Crippen LogP contribution in [0.5, 0.6) is 0 Å². The number of para-hydroxylation sites is 1. The van der Waals surface area contributed by atoms with Crippen LogP contribution in [0.4, 0.5) is 5.69 Å². The number of hydrogen-bond acceptors (Lipinski definition) is 2. The first-order valence-electron chi connectivity index (χ1n) is 5.90.